The van der Waals surface area contributed by atoms with Gasteiger partial charge in [-0.05, 0) is 61.7 Å². The summed E-state index contributed by atoms with van der Waals surface area (Å²) in [7, 11) is 0. The molecule has 40 heavy (non-hydrogen) atoms. The largest absolute Gasteiger partial charge is 0.511 e. The Labute approximate surface area is 234 Å². The molecule has 4 N–H and O–H groups in total. The summed E-state index contributed by atoms with van der Waals surface area (Å²) in [4.78, 5) is 39.7. The van der Waals surface area contributed by atoms with E-state index in [1.165, 1.54) is 6.08 Å². The van der Waals surface area contributed by atoms with Crippen LogP contribution in [-0.2, 0) is 19.1 Å². The summed E-state index contributed by atoms with van der Waals surface area (Å²) in [6, 6.07) is 0. The van der Waals surface area contributed by atoms with Gasteiger partial charge < -0.3 is 25.2 Å². The van der Waals surface area contributed by atoms with Crippen LogP contribution in [0, 0.1) is 40.9 Å². The highest BCUT2D eigenvalue weighted by molar-refractivity contribution is 6.26. The van der Waals surface area contributed by atoms with Gasteiger partial charge in [-0.1, -0.05) is 50.6 Å². The molecule has 2 fully saturated rings. The molecule has 0 aromatic carbocycles. The molecule has 5 rings (SSSR count). The van der Waals surface area contributed by atoms with Gasteiger partial charge in [0.15, 0.2) is 5.60 Å². The molecule has 11 atom stereocenters. The maximum atomic E-state index is 14.3. The Kier molecular flexibility index (Phi) is 7.12. The number of hydrogen-bond donors (Lipinski definition) is 4. The molecule has 216 valence electrons. The van der Waals surface area contributed by atoms with Crippen LogP contribution < -0.4 is 0 Å². The molecule has 5 aliphatic rings. The Balaban J connectivity index is 1.79. The Hall–Kier alpha value is -2.81. The van der Waals surface area contributed by atoms with E-state index in [1.54, 1.807) is 13.0 Å². The predicted molar refractivity (Wildman–Crippen MR) is 147 cm³/mol. The first-order valence-electron chi connectivity index (χ1n) is 14.2. The fraction of sp³-hybridized carbons (Fsp3) is 0.594. The summed E-state index contributed by atoms with van der Waals surface area (Å²) < 4.78 is 5.81. The summed E-state index contributed by atoms with van der Waals surface area (Å²) in [6.45, 7) is 9.50. The number of aliphatic hydroxyl groups is 4. The smallest absolute Gasteiger partial charge is 0.346 e. The highest BCUT2D eigenvalue weighted by Gasteiger charge is 2.64. The molecule has 8 nitrogen and oxygen atoms in total. The van der Waals surface area contributed by atoms with Crippen molar-refractivity contribution in [2.24, 2.45) is 40.9 Å². The predicted octanol–water partition coefficient (Wildman–Crippen LogP) is 3.29. The molecule has 0 aromatic heterocycles. The zero-order valence-corrected chi connectivity index (χ0v) is 23.7. The summed E-state index contributed by atoms with van der Waals surface area (Å²) >= 11 is 0. The van der Waals surface area contributed by atoms with Crippen LogP contribution in [0.15, 0.2) is 58.4 Å². The van der Waals surface area contributed by atoms with Gasteiger partial charge in [0.2, 0.25) is 5.78 Å². The SMILES string of the molecule is CC1=CC2C(O)C=C(C=O)CC23OC(=O)C(=C(O)C2(C)C(C=CC4C(O)C(C)CC(C)C42)C(C)=CCC1O)C3=O. The van der Waals surface area contributed by atoms with E-state index in [0.717, 1.165) is 5.57 Å². The molecule has 8 heteroatoms. The van der Waals surface area contributed by atoms with Crippen LogP contribution in [0.4, 0.5) is 0 Å². The number of hydrogen-bond acceptors (Lipinski definition) is 8. The van der Waals surface area contributed by atoms with Crippen molar-refractivity contribution in [1.82, 2.24) is 0 Å². The molecule has 1 heterocycles. The van der Waals surface area contributed by atoms with Crippen molar-refractivity contribution in [1.29, 1.82) is 0 Å². The highest BCUT2D eigenvalue weighted by atomic mass is 16.6. The Morgan fingerprint density at radius 3 is 2.40 bits per heavy atom. The van der Waals surface area contributed by atoms with E-state index in [-0.39, 0.29) is 47.8 Å². The van der Waals surface area contributed by atoms with Crippen molar-refractivity contribution in [3.63, 3.8) is 0 Å². The number of Topliss-reactive ketones (excluding diaryl/α,β-unsaturated/α-hetero) is 1. The minimum atomic E-state index is -1.94. The second-order valence-electron chi connectivity index (χ2n) is 12.9. The van der Waals surface area contributed by atoms with E-state index in [0.29, 0.717) is 18.3 Å². The van der Waals surface area contributed by atoms with Crippen molar-refractivity contribution >= 4 is 18.0 Å². The number of fused-ring (bicyclic) bond motifs is 4. The number of ether oxygens (including phenoxy) is 1. The van der Waals surface area contributed by atoms with Crippen LogP contribution in [0.1, 0.15) is 53.9 Å². The topological polar surface area (TPSA) is 141 Å². The van der Waals surface area contributed by atoms with Crippen LogP contribution >= 0.6 is 0 Å². The van der Waals surface area contributed by atoms with Gasteiger partial charge in [-0.15, -0.1) is 0 Å². The first-order chi connectivity index (χ1) is 18.8. The monoisotopic (exact) mass is 552 g/mol. The molecule has 0 amide bonds. The van der Waals surface area contributed by atoms with Crippen LogP contribution in [0.25, 0.3) is 0 Å². The quantitative estimate of drug-likeness (QED) is 0.168. The van der Waals surface area contributed by atoms with E-state index < -0.39 is 58.5 Å². The summed E-state index contributed by atoms with van der Waals surface area (Å²) in [5, 5.41) is 45.4. The molecular formula is C32H40O8. The fourth-order valence-corrected chi connectivity index (χ4v) is 8.42. The third-order valence-electron chi connectivity index (χ3n) is 10.5. The summed E-state index contributed by atoms with van der Waals surface area (Å²) in [5.41, 5.74) is -2.12. The van der Waals surface area contributed by atoms with E-state index in [2.05, 4.69) is 6.92 Å². The lowest BCUT2D eigenvalue weighted by atomic mass is 9.49. The van der Waals surface area contributed by atoms with E-state index in [1.807, 2.05) is 39.0 Å². The Morgan fingerprint density at radius 2 is 1.73 bits per heavy atom. The fourth-order valence-electron chi connectivity index (χ4n) is 8.42. The highest BCUT2D eigenvalue weighted by Crippen LogP contribution is 2.60. The normalized spacial score (nSPS) is 45.4. The zero-order chi connectivity index (χ0) is 29.3. The minimum absolute atomic E-state index is 0.0332. The molecule has 1 saturated heterocycles. The van der Waals surface area contributed by atoms with E-state index >= 15 is 0 Å². The number of rotatable bonds is 1. The standard InChI is InChI=1S/C32H40O8/c1-15-6-9-23(34)16(2)11-22-24(35)12-19(14-33)13-32(22)29(38)25(30(39)40-32)28(37)31(5)21(15)8-7-20-26(31)17(3)10-18(4)27(20)36/h6-8,11-12,14,17-18,20-24,26-27,34-37H,9-10,13H2,1-5H3. The van der Waals surface area contributed by atoms with Gasteiger partial charge in [-0.25, -0.2) is 4.79 Å². The van der Waals surface area contributed by atoms with Crippen LogP contribution in [0.5, 0.6) is 0 Å². The lowest BCUT2D eigenvalue weighted by Gasteiger charge is -2.55. The number of carbonyl (C=O) groups excluding carboxylic acids is 3. The molecular weight excluding hydrogens is 512 g/mol. The van der Waals surface area contributed by atoms with Crippen LogP contribution in [-0.4, -0.2) is 62.4 Å². The van der Waals surface area contributed by atoms with Crippen molar-refractivity contribution in [2.75, 3.05) is 0 Å². The van der Waals surface area contributed by atoms with Gasteiger partial charge in [0.1, 0.15) is 17.6 Å². The minimum Gasteiger partial charge on any atom is -0.511 e. The average Bonchev–Trinajstić information content (AvgIpc) is 3.14. The van der Waals surface area contributed by atoms with Crippen molar-refractivity contribution in [2.45, 2.75) is 77.8 Å². The zero-order valence-electron chi connectivity index (χ0n) is 23.7. The molecule has 1 saturated carbocycles. The Morgan fingerprint density at radius 1 is 1.02 bits per heavy atom. The number of aldehydes is 1. The van der Waals surface area contributed by atoms with Gasteiger partial charge in [0.25, 0.3) is 0 Å². The van der Waals surface area contributed by atoms with Gasteiger partial charge in [-0.2, -0.15) is 0 Å². The first kappa shape index (κ1) is 28.7. The first-order valence-corrected chi connectivity index (χ1v) is 14.2. The molecule has 0 aromatic rings. The van der Waals surface area contributed by atoms with Crippen molar-refractivity contribution in [3.05, 3.63) is 58.4 Å². The van der Waals surface area contributed by atoms with Crippen LogP contribution in [0.2, 0.25) is 0 Å². The number of allylic oxidation sites excluding steroid dienone is 3. The summed E-state index contributed by atoms with van der Waals surface area (Å²) in [5.74, 6) is -4.22. The molecule has 1 spiro atoms. The second kappa shape index (κ2) is 9.93. The molecule has 0 radical (unpaired) electrons. The lowest BCUT2D eigenvalue weighted by Crippen LogP contribution is -2.54. The number of carbonyl (C=O) groups is 3. The average molecular weight is 553 g/mol. The summed E-state index contributed by atoms with van der Waals surface area (Å²) in [6.07, 6.45) is 7.02. The molecule has 1 aliphatic heterocycles. The maximum Gasteiger partial charge on any atom is 0.346 e. The van der Waals surface area contributed by atoms with Crippen LogP contribution in [0.3, 0.4) is 0 Å². The van der Waals surface area contributed by atoms with Gasteiger partial charge in [0.05, 0.1) is 24.2 Å². The second-order valence-corrected chi connectivity index (χ2v) is 12.9. The van der Waals surface area contributed by atoms with E-state index in [9.17, 15) is 34.8 Å². The van der Waals surface area contributed by atoms with Crippen molar-refractivity contribution in [3.8, 4) is 0 Å². The van der Waals surface area contributed by atoms with Gasteiger partial charge >= 0.3 is 5.97 Å². The lowest BCUT2D eigenvalue weighted by molar-refractivity contribution is -0.159. The Bertz CT molecular complexity index is 1290. The maximum absolute atomic E-state index is 14.3. The molecule has 2 bridgehead atoms. The number of aliphatic hydroxyl groups excluding tert-OH is 4. The van der Waals surface area contributed by atoms with Gasteiger partial charge in [0, 0.05) is 23.7 Å². The van der Waals surface area contributed by atoms with Crippen molar-refractivity contribution < 1.29 is 39.5 Å². The third kappa shape index (κ3) is 4.02. The third-order valence-corrected chi connectivity index (χ3v) is 10.5. The number of esters is 1. The molecule has 11 unspecified atom stereocenters. The van der Waals surface area contributed by atoms with E-state index in [4.69, 9.17) is 4.74 Å². The van der Waals surface area contributed by atoms with Gasteiger partial charge in [-0.3, -0.25) is 9.59 Å². The number of ketones is 1. The molecule has 4 aliphatic carbocycles.